The average Bonchev–Trinajstić information content (AvgIpc) is 3.59. The first kappa shape index (κ1) is 30.9. The maximum Gasteiger partial charge on any atom is 0.363 e. The normalized spacial score (nSPS) is 22.9. The smallest absolute Gasteiger partial charge is 0.340 e. The summed E-state index contributed by atoms with van der Waals surface area (Å²) in [6, 6.07) is 10.9. The van der Waals surface area contributed by atoms with E-state index in [2.05, 4.69) is 10.3 Å². The summed E-state index contributed by atoms with van der Waals surface area (Å²) < 4.78 is 41.1. The van der Waals surface area contributed by atoms with Crippen molar-refractivity contribution in [3.63, 3.8) is 0 Å². The standard InChI is InChI=1S/C32H31F2N4O6PS/c33-23-14-25-17(3-2-10-35-25)12-22(23)20-15-37(16-20)32(41)26-8-7-21-4-1-5-24(31(40)38(21)26)36-30(39)28-13-19-11-18(6-9-27(19)46-28)29(34)45(42,43)44/h2-3,6,9-14,20-21,24,26,29H,1,4-5,7-8,15-16H2,(H,36,39)(H2,42,43,44)/t21-,24?,26-,29?/m0/s1. The van der Waals surface area contributed by atoms with Crippen LogP contribution in [0.25, 0.3) is 21.0 Å². The van der Waals surface area contributed by atoms with Gasteiger partial charge in [-0.05, 0) is 78.9 Å². The Morgan fingerprint density at radius 1 is 1.04 bits per heavy atom. The van der Waals surface area contributed by atoms with E-state index in [0.717, 1.165) is 23.1 Å². The van der Waals surface area contributed by atoms with Crippen LogP contribution in [0.3, 0.4) is 0 Å². The molecule has 46 heavy (non-hydrogen) atoms. The molecule has 4 atom stereocenters. The molecule has 3 N–H and O–H groups in total. The lowest BCUT2D eigenvalue weighted by atomic mass is 9.89. The lowest BCUT2D eigenvalue weighted by Gasteiger charge is -2.42. The monoisotopic (exact) mass is 668 g/mol. The van der Waals surface area contributed by atoms with Crippen LogP contribution in [0, 0.1) is 5.82 Å². The number of benzene rings is 2. The molecule has 3 aliphatic rings. The Labute approximate surface area is 266 Å². The molecule has 5 heterocycles. The number of alkyl halides is 1. The summed E-state index contributed by atoms with van der Waals surface area (Å²) in [5.74, 6) is -3.93. The molecule has 4 aromatic rings. The van der Waals surface area contributed by atoms with Gasteiger partial charge in [0.15, 0.2) is 0 Å². The van der Waals surface area contributed by atoms with E-state index in [1.54, 1.807) is 28.1 Å². The first-order valence-corrected chi connectivity index (χ1v) is 17.7. The quantitative estimate of drug-likeness (QED) is 0.246. The van der Waals surface area contributed by atoms with Crippen LogP contribution in [-0.4, -0.2) is 73.5 Å². The summed E-state index contributed by atoms with van der Waals surface area (Å²) in [5, 5.41) is 4.12. The van der Waals surface area contributed by atoms with Gasteiger partial charge in [0.1, 0.15) is 17.9 Å². The number of aromatic nitrogens is 1. The number of fused-ring (bicyclic) bond motifs is 3. The van der Waals surface area contributed by atoms with Crippen LogP contribution in [-0.2, 0) is 14.2 Å². The van der Waals surface area contributed by atoms with E-state index in [9.17, 15) is 37.5 Å². The Morgan fingerprint density at radius 2 is 1.85 bits per heavy atom. The van der Waals surface area contributed by atoms with Crippen molar-refractivity contribution < 1.29 is 37.5 Å². The molecule has 2 unspecified atom stereocenters. The molecule has 0 bridgehead atoms. The summed E-state index contributed by atoms with van der Waals surface area (Å²) in [4.78, 5) is 67.0. The van der Waals surface area contributed by atoms with E-state index in [1.807, 2.05) is 6.07 Å². The lowest BCUT2D eigenvalue weighted by Crippen LogP contribution is -2.58. The fourth-order valence-electron chi connectivity index (χ4n) is 6.97. The second kappa shape index (κ2) is 11.8. The molecule has 3 amide bonds. The highest BCUT2D eigenvalue weighted by molar-refractivity contribution is 7.51. The van der Waals surface area contributed by atoms with E-state index in [0.29, 0.717) is 59.9 Å². The van der Waals surface area contributed by atoms with Gasteiger partial charge in [0, 0.05) is 47.4 Å². The number of carbonyl (C=O) groups excluding carboxylic acids is 3. The van der Waals surface area contributed by atoms with Crippen molar-refractivity contribution in [1.29, 1.82) is 0 Å². The van der Waals surface area contributed by atoms with Crippen LogP contribution in [0.5, 0.6) is 0 Å². The van der Waals surface area contributed by atoms with E-state index < -0.39 is 31.5 Å². The number of halogens is 2. The molecule has 0 aliphatic carbocycles. The van der Waals surface area contributed by atoms with Crippen LogP contribution >= 0.6 is 18.9 Å². The Hall–Kier alpha value is -3.77. The number of amides is 3. The van der Waals surface area contributed by atoms with Crippen molar-refractivity contribution in [2.45, 2.75) is 62.1 Å². The molecular formula is C32H31F2N4O6PS. The number of pyridine rings is 1. The number of nitrogens with one attached hydrogen (secondary N) is 1. The highest BCUT2D eigenvalue weighted by atomic mass is 32.1. The minimum Gasteiger partial charge on any atom is -0.340 e. The summed E-state index contributed by atoms with van der Waals surface area (Å²) >= 11 is 1.12. The second-order valence-electron chi connectivity index (χ2n) is 12.3. The fourth-order valence-corrected chi connectivity index (χ4v) is 8.47. The number of thiophene rings is 1. The molecule has 2 aromatic heterocycles. The average molecular weight is 669 g/mol. The molecule has 2 aromatic carbocycles. The van der Waals surface area contributed by atoms with Crippen molar-refractivity contribution in [1.82, 2.24) is 20.1 Å². The molecular weight excluding hydrogens is 637 g/mol. The van der Waals surface area contributed by atoms with Crippen molar-refractivity contribution in [3.8, 4) is 0 Å². The van der Waals surface area contributed by atoms with Crippen LogP contribution in [0.15, 0.2) is 54.7 Å². The van der Waals surface area contributed by atoms with E-state index in [1.165, 1.54) is 30.3 Å². The molecule has 10 nitrogen and oxygen atoms in total. The van der Waals surface area contributed by atoms with Gasteiger partial charge in [-0.15, -0.1) is 11.3 Å². The SMILES string of the molecule is O=C(NC1CCC[C@H]2CC[C@@H](C(=O)N3CC(c4cc5cccnc5cc4F)C3)N2C1=O)c1cc2cc(C(F)P(=O)(O)O)ccc2s1. The molecule has 0 saturated carbocycles. The number of hydrogen-bond donors (Lipinski definition) is 3. The fraction of sp³-hybridized carbons (Fsp3) is 0.375. The van der Waals surface area contributed by atoms with Gasteiger partial charge in [-0.1, -0.05) is 12.1 Å². The third kappa shape index (κ3) is 5.59. The zero-order valence-corrected chi connectivity index (χ0v) is 26.2. The first-order valence-electron chi connectivity index (χ1n) is 15.2. The summed E-state index contributed by atoms with van der Waals surface area (Å²) in [5.41, 5.74) is 0.934. The summed E-state index contributed by atoms with van der Waals surface area (Å²) in [6.45, 7) is 0.714. The topological polar surface area (TPSA) is 140 Å². The van der Waals surface area contributed by atoms with Gasteiger partial charge in [-0.25, -0.2) is 8.78 Å². The van der Waals surface area contributed by atoms with Gasteiger partial charge in [0.25, 0.3) is 5.91 Å². The molecule has 7 rings (SSSR count). The molecule has 3 aliphatic heterocycles. The Morgan fingerprint density at radius 3 is 2.63 bits per heavy atom. The number of likely N-dealkylation sites (tertiary alicyclic amines) is 1. The zero-order chi connectivity index (χ0) is 32.3. The number of nitrogens with zero attached hydrogens (tertiary/aromatic N) is 3. The van der Waals surface area contributed by atoms with Crippen LogP contribution in [0.4, 0.5) is 8.78 Å². The largest absolute Gasteiger partial charge is 0.363 e. The summed E-state index contributed by atoms with van der Waals surface area (Å²) in [7, 11) is -4.99. The number of carbonyl (C=O) groups is 3. The number of rotatable bonds is 6. The molecule has 14 heteroatoms. The molecule has 240 valence electrons. The maximum atomic E-state index is 14.9. The minimum absolute atomic E-state index is 0.101. The van der Waals surface area contributed by atoms with Crippen molar-refractivity contribution >= 4 is 57.6 Å². The Balaban J connectivity index is 1.03. The second-order valence-corrected chi connectivity index (χ2v) is 15.0. The van der Waals surface area contributed by atoms with E-state index in [4.69, 9.17) is 0 Å². The first-order chi connectivity index (χ1) is 22.0. The van der Waals surface area contributed by atoms with Crippen LogP contribution in [0.2, 0.25) is 0 Å². The van der Waals surface area contributed by atoms with Crippen molar-refractivity contribution in [2.75, 3.05) is 13.1 Å². The Bertz CT molecular complexity index is 1930. The predicted octanol–water partition coefficient (Wildman–Crippen LogP) is 5.00. The Kier molecular flexibility index (Phi) is 7.91. The van der Waals surface area contributed by atoms with Gasteiger partial charge in [-0.2, -0.15) is 0 Å². The molecule has 0 spiro atoms. The molecule has 3 fully saturated rings. The van der Waals surface area contributed by atoms with Gasteiger partial charge in [0.2, 0.25) is 17.7 Å². The lowest BCUT2D eigenvalue weighted by molar-refractivity contribution is -0.148. The number of hydrogen-bond acceptors (Lipinski definition) is 6. The molecule has 3 saturated heterocycles. The summed E-state index contributed by atoms with van der Waals surface area (Å²) in [6.07, 6.45) is 4.65. The maximum absolute atomic E-state index is 14.9. The highest BCUT2D eigenvalue weighted by Gasteiger charge is 2.47. The third-order valence-corrected chi connectivity index (χ3v) is 11.4. The van der Waals surface area contributed by atoms with Crippen molar-refractivity contribution in [2.24, 2.45) is 0 Å². The van der Waals surface area contributed by atoms with Gasteiger partial charge in [-0.3, -0.25) is 23.9 Å². The highest BCUT2D eigenvalue weighted by Crippen LogP contribution is 2.53. The van der Waals surface area contributed by atoms with Crippen LogP contribution < -0.4 is 5.32 Å². The molecule has 0 radical (unpaired) electrons. The van der Waals surface area contributed by atoms with Gasteiger partial charge in [0.05, 0.1) is 10.4 Å². The zero-order valence-electron chi connectivity index (χ0n) is 24.5. The van der Waals surface area contributed by atoms with Gasteiger partial charge < -0.3 is 24.9 Å². The van der Waals surface area contributed by atoms with E-state index >= 15 is 0 Å². The van der Waals surface area contributed by atoms with Gasteiger partial charge >= 0.3 is 7.60 Å². The van der Waals surface area contributed by atoms with Crippen molar-refractivity contribution in [3.05, 3.63) is 76.5 Å². The predicted molar refractivity (Wildman–Crippen MR) is 168 cm³/mol. The van der Waals surface area contributed by atoms with Crippen LogP contribution in [0.1, 0.15) is 64.7 Å². The van der Waals surface area contributed by atoms with E-state index in [-0.39, 0.29) is 40.0 Å². The third-order valence-electron chi connectivity index (χ3n) is 9.36. The minimum atomic E-state index is -4.99.